The molecule has 2 aliphatic rings. The van der Waals surface area contributed by atoms with Crippen LogP contribution < -0.4 is 15.4 Å². The summed E-state index contributed by atoms with van der Waals surface area (Å²) in [6.45, 7) is 6.74. The van der Waals surface area contributed by atoms with E-state index in [0.717, 1.165) is 11.6 Å². The number of likely N-dealkylation sites (N-methyl/N-ethyl adjacent to an activating group) is 2. The van der Waals surface area contributed by atoms with Gasteiger partial charge in [0, 0.05) is 34.3 Å². The summed E-state index contributed by atoms with van der Waals surface area (Å²) in [5.74, 6) is -0.892. The van der Waals surface area contributed by atoms with Gasteiger partial charge in [0.05, 0.1) is 31.8 Å². The summed E-state index contributed by atoms with van der Waals surface area (Å²) in [4.78, 5) is 70.2. The van der Waals surface area contributed by atoms with Gasteiger partial charge in [0.15, 0.2) is 0 Å². The van der Waals surface area contributed by atoms with E-state index in [0.29, 0.717) is 24.3 Å². The number of carbonyl (C=O) groups is 5. The van der Waals surface area contributed by atoms with Gasteiger partial charge in [-0.25, -0.2) is 9.59 Å². The molecule has 0 spiro atoms. The van der Waals surface area contributed by atoms with Gasteiger partial charge < -0.3 is 39.5 Å². The van der Waals surface area contributed by atoms with Gasteiger partial charge in [-0.2, -0.15) is 0 Å². The molecular weight excluding hydrogens is 622 g/mol. The zero-order valence-corrected chi connectivity index (χ0v) is 28.7. The van der Waals surface area contributed by atoms with E-state index < -0.39 is 38.3 Å². The molecule has 2 bridgehead atoms. The molecule has 2 N–H and O–H groups in total. The Bertz CT molecular complexity index is 1440. The van der Waals surface area contributed by atoms with Crippen molar-refractivity contribution in [2.45, 2.75) is 56.8 Å². The molecule has 0 aromatic heterocycles. The Morgan fingerprint density at radius 2 is 1.64 bits per heavy atom. The third-order valence-electron chi connectivity index (χ3n) is 8.02. The maximum atomic E-state index is 13.7. The lowest BCUT2D eigenvalue weighted by Gasteiger charge is -2.30. The lowest BCUT2D eigenvalue weighted by Crippen LogP contribution is -2.55. The molecule has 2 heterocycles. The Balaban J connectivity index is 1.51. The molecule has 2 aromatic rings. The third-order valence-corrected chi connectivity index (χ3v) is 9.72. The Morgan fingerprint density at radius 1 is 0.915 bits per heavy atom. The summed E-state index contributed by atoms with van der Waals surface area (Å²) in [6, 6.07) is 14.5. The van der Waals surface area contributed by atoms with Crippen molar-refractivity contribution in [2.75, 3.05) is 46.9 Å². The minimum Gasteiger partial charge on any atom is -0.491 e. The highest BCUT2D eigenvalue weighted by Crippen LogP contribution is 2.22. The van der Waals surface area contributed by atoms with Crippen molar-refractivity contribution in [3.63, 3.8) is 0 Å². The number of ether oxygens (including phenoxy) is 3. The van der Waals surface area contributed by atoms with Crippen molar-refractivity contribution >= 4 is 38.0 Å². The topological polar surface area (TPSA) is 147 Å². The van der Waals surface area contributed by atoms with Crippen molar-refractivity contribution in [2.24, 2.45) is 0 Å². The van der Waals surface area contributed by atoms with Crippen LogP contribution >= 0.6 is 0 Å². The summed E-state index contributed by atoms with van der Waals surface area (Å²) in [5.41, 5.74) is 1.09. The van der Waals surface area contributed by atoms with Crippen LogP contribution in [0.25, 0.3) is 0 Å². The lowest BCUT2D eigenvalue weighted by atomic mass is 10.1. The Kier molecular flexibility index (Phi) is 11.9. The van der Waals surface area contributed by atoms with E-state index in [1.807, 2.05) is 18.2 Å². The number of benzene rings is 2. The van der Waals surface area contributed by atoms with E-state index in [-0.39, 0.29) is 50.7 Å². The molecule has 0 unspecified atom stereocenters. The van der Waals surface area contributed by atoms with Crippen molar-refractivity contribution in [3.05, 3.63) is 65.7 Å². The number of nitrogens with one attached hydrogen (secondary N) is 2. The summed E-state index contributed by atoms with van der Waals surface area (Å²) >= 11 is 0. The number of fused-ring (bicyclic) bond motifs is 3. The molecule has 1 saturated heterocycles. The van der Waals surface area contributed by atoms with E-state index >= 15 is 0 Å². The van der Waals surface area contributed by atoms with E-state index in [9.17, 15) is 24.0 Å². The first-order chi connectivity index (χ1) is 22.3. The highest BCUT2D eigenvalue weighted by atomic mass is 28.3. The van der Waals surface area contributed by atoms with Crippen LogP contribution in [0, 0.1) is 0 Å². The molecule has 0 saturated carbocycles. The molecule has 254 valence electrons. The lowest BCUT2D eigenvalue weighted by molar-refractivity contribution is -0.141. The molecule has 5 amide bonds. The van der Waals surface area contributed by atoms with Crippen LogP contribution in [0.5, 0.6) is 5.75 Å². The van der Waals surface area contributed by atoms with Crippen molar-refractivity contribution in [1.29, 1.82) is 0 Å². The van der Waals surface area contributed by atoms with Gasteiger partial charge >= 0.3 is 12.2 Å². The quantitative estimate of drug-likeness (QED) is 0.429. The molecule has 13 nitrogen and oxygen atoms in total. The number of hydrogen-bond acceptors (Lipinski definition) is 8. The van der Waals surface area contributed by atoms with Crippen molar-refractivity contribution < 1.29 is 38.2 Å². The fourth-order valence-corrected chi connectivity index (χ4v) is 6.08. The smallest absolute Gasteiger partial charge is 0.408 e. The molecule has 2 aliphatic heterocycles. The molecule has 47 heavy (non-hydrogen) atoms. The highest BCUT2D eigenvalue weighted by molar-refractivity contribution is 6.76. The number of nitrogens with zero attached hydrogens (tertiary/aromatic N) is 3. The summed E-state index contributed by atoms with van der Waals surface area (Å²) in [7, 11) is 1.60. The second kappa shape index (κ2) is 15.8. The standard InChI is InChI=1S/C33H45N5O8Si/c1-36-19-28(35-33(43)46-21-23-10-7-6-8-11-23)31(41)37(2)20-29(39)38-18-25(34-32(42)44-14-15-47(3,4)5)17-26(38)22-45-27-13-9-12-24(16-27)30(36)40/h6-13,16,25-26,28H,14-15,17-22H2,1-5H3,(H,34,42)(H,35,43)/t25-,26+,28+/m1/s1. The van der Waals surface area contributed by atoms with Crippen LogP contribution in [0.15, 0.2) is 54.6 Å². The normalized spacial score (nSPS) is 20.8. The highest BCUT2D eigenvalue weighted by Gasteiger charge is 2.38. The largest absolute Gasteiger partial charge is 0.491 e. The first-order valence-electron chi connectivity index (χ1n) is 15.7. The Morgan fingerprint density at radius 3 is 2.36 bits per heavy atom. The first kappa shape index (κ1) is 35.3. The predicted octanol–water partition coefficient (Wildman–Crippen LogP) is 2.94. The minimum absolute atomic E-state index is 0.0130. The van der Waals surface area contributed by atoms with Crippen LogP contribution in [0.2, 0.25) is 25.7 Å². The Labute approximate surface area is 276 Å². The molecule has 2 aromatic carbocycles. The average Bonchev–Trinajstić information content (AvgIpc) is 3.43. The van der Waals surface area contributed by atoms with Crippen LogP contribution in [0.3, 0.4) is 0 Å². The Hall–Kier alpha value is -4.59. The molecule has 0 radical (unpaired) electrons. The summed E-state index contributed by atoms with van der Waals surface area (Å²) in [5, 5.41) is 5.45. The van der Waals surface area contributed by atoms with Gasteiger partial charge in [0.2, 0.25) is 11.8 Å². The second-order valence-electron chi connectivity index (χ2n) is 13.2. The number of rotatable bonds is 7. The first-order valence-corrected chi connectivity index (χ1v) is 19.4. The van der Waals surface area contributed by atoms with Gasteiger partial charge in [-0.3, -0.25) is 14.4 Å². The molecule has 14 heteroatoms. The van der Waals surface area contributed by atoms with Gasteiger partial charge in [-0.05, 0) is 36.2 Å². The molecular formula is C33H45N5O8Si. The number of carbonyl (C=O) groups excluding carboxylic acids is 5. The maximum Gasteiger partial charge on any atom is 0.408 e. The van der Waals surface area contributed by atoms with Crippen LogP contribution in [0.1, 0.15) is 22.3 Å². The maximum absolute atomic E-state index is 13.7. The molecule has 0 aliphatic carbocycles. The average molecular weight is 668 g/mol. The van der Waals surface area contributed by atoms with E-state index in [4.69, 9.17) is 14.2 Å². The molecule has 4 rings (SSSR count). The minimum atomic E-state index is -1.38. The van der Waals surface area contributed by atoms with Crippen molar-refractivity contribution in [1.82, 2.24) is 25.3 Å². The molecule has 3 atom stereocenters. The van der Waals surface area contributed by atoms with Gasteiger partial charge in [0.1, 0.15) is 25.0 Å². The van der Waals surface area contributed by atoms with Crippen LogP contribution in [0.4, 0.5) is 9.59 Å². The molecule has 1 fully saturated rings. The fourth-order valence-electron chi connectivity index (χ4n) is 5.36. The third kappa shape index (κ3) is 10.5. The monoisotopic (exact) mass is 667 g/mol. The number of amides is 5. The van der Waals surface area contributed by atoms with Gasteiger partial charge in [-0.15, -0.1) is 0 Å². The summed E-state index contributed by atoms with van der Waals surface area (Å²) < 4.78 is 16.8. The zero-order valence-electron chi connectivity index (χ0n) is 27.7. The number of hydrogen-bond donors (Lipinski definition) is 2. The second-order valence-corrected chi connectivity index (χ2v) is 18.8. The van der Waals surface area contributed by atoms with E-state index in [1.54, 1.807) is 41.3 Å². The number of alkyl carbamates (subject to hydrolysis) is 2. The zero-order chi connectivity index (χ0) is 34.1. The van der Waals surface area contributed by atoms with Crippen LogP contribution in [-0.4, -0.2) is 118 Å². The van der Waals surface area contributed by atoms with Crippen molar-refractivity contribution in [3.8, 4) is 5.75 Å². The SMILES string of the molecule is CN1C[C@H](NC(=O)OCc2ccccc2)C(=O)N(C)CC(=O)N2C[C@H](NC(=O)OCC[Si](C)(C)C)C[C@H]2COc2cccc(c2)C1=O. The summed E-state index contributed by atoms with van der Waals surface area (Å²) in [6.07, 6.45) is -0.975. The predicted molar refractivity (Wildman–Crippen MR) is 177 cm³/mol. The van der Waals surface area contributed by atoms with Gasteiger partial charge in [-0.1, -0.05) is 56.0 Å². The fraction of sp³-hybridized carbons (Fsp3) is 0.485. The van der Waals surface area contributed by atoms with Gasteiger partial charge in [0.25, 0.3) is 5.91 Å². The van der Waals surface area contributed by atoms with Crippen LogP contribution in [-0.2, 0) is 25.7 Å². The van der Waals surface area contributed by atoms with E-state index in [1.165, 1.54) is 23.9 Å². The van der Waals surface area contributed by atoms with E-state index in [2.05, 4.69) is 30.3 Å².